The van der Waals surface area contributed by atoms with E-state index < -0.39 is 0 Å². The van der Waals surface area contributed by atoms with E-state index in [1.54, 1.807) is 0 Å². The largest absolute Gasteiger partial charge is 0.0619 e. The SMILES string of the molecule is Cc1cc2c(c(C)c1-c1ccc3c(c1)C(C)(C)c1ccccc1-3)C(C)(C)c1ccccc1-2. The van der Waals surface area contributed by atoms with Crippen LogP contribution in [0.1, 0.15) is 61.1 Å². The molecule has 4 aromatic rings. The van der Waals surface area contributed by atoms with Gasteiger partial charge in [-0.25, -0.2) is 0 Å². The van der Waals surface area contributed by atoms with Gasteiger partial charge in [0.2, 0.25) is 0 Å². The summed E-state index contributed by atoms with van der Waals surface area (Å²) < 4.78 is 0. The molecule has 0 heterocycles. The van der Waals surface area contributed by atoms with E-state index >= 15 is 0 Å². The molecule has 0 amide bonds. The Morgan fingerprint density at radius 1 is 0.531 bits per heavy atom. The lowest BCUT2D eigenvalue weighted by molar-refractivity contribution is 0.655. The molecule has 0 bridgehead atoms. The maximum absolute atomic E-state index is 2.46. The van der Waals surface area contributed by atoms with Crippen LogP contribution in [0.2, 0.25) is 0 Å². The monoisotopic (exact) mass is 414 g/mol. The van der Waals surface area contributed by atoms with E-state index in [0.29, 0.717) is 0 Å². The third-order valence-corrected chi connectivity index (χ3v) is 8.16. The summed E-state index contributed by atoms with van der Waals surface area (Å²) >= 11 is 0. The van der Waals surface area contributed by atoms with Gasteiger partial charge in [-0.05, 0) is 86.7 Å². The van der Waals surface area contributed by atoms with E-state index in [0.717, 1.165) is 0 Å². The average molecular weight is 415 g/mol. The second kappa shape index (κ2) is 6.23. The third kappa shape index (κ3) is 2.33. The molecular weight excluding hydrogens is 384 g/mol. The highest BCUT2D eigenvalue weighted by atomic mass is 14.4. The summed E-state index contributed by atoms with van der Waals surface area (Å²) in [6.45, 7) is 14.1. The smallest absolute Gasteiger partial charge is 0.0161 e. The van der Waals surface area contributed by atoms with Gasteiger partial charge in [0, 0.05) is 10.8 Å². The summed E-state index contributed by atoms with van der Waals surface area (Å²) in [6.07, 6.45) is 0. The molecule has 0 heteroatoms. The van der Waals surface area contributed by atoms with Gasteiger partial charge in [-0.2, -0.15) is 0 Å². The normalized spacial score (nSPS) is 16.3. The van der Waals surface area contributed by atoms with Gasteiger partial charge in [-0.3, -0.25) is 0 Å². The van der Waals surface area contributed by atoms with Crippen molar-refractivity contribution in [3.8, 4) is 33.4 Å². The van der Waals surface area contributed by atoms with Gasteiger partial charge in [-0.15, -0.1) is 0 Å². The molecule has 0 atom stereocenters. The van der Waals surface area contributed by atoms with E-state index in [1.807, 2.05) is 0 Å². The Bertz CT molecular complexity index is 1430. The highest BCUT2D eigenvalue weighted by Gasteiger charge is 2.38. The van der Waals surface area contributed by atoms with Crippen molar-refractivity contribution >= 4 is 0 Å². The third-order valence-electron chi connectivity index (χ3n) is 8.16. The molecule has 2 aliphatic rings. The van der Waals surface area contributed by atoms with Crippen LogP contribution in [0.3, 0.4) is 0 Å². The van der Waals surface area contributed by atoms with Gasteiger partial charge < -0.3 is 0 Å². The summed E-state index contributed by atoms with van der Waals surface area (Å²) in [5, 5.41) is 0. The number of aryl methyl sites for hydroxylation is 1. The van der Waals surface area contributed by atoms with Gasteiger partial charge >= 0.3 is 0 Å². The molecule has 0 spiro atoms. The van der Waals surface area contributed by atoms with Gasteiger partial charge in [0.25, 0.3) is 0 Å². The van der Waals surface area contributed by atoms with Crippen LogP contribution >= 0.6 is 0 Å². The van der Waals surface area contributed by atoms with E-state index in [-0.39, 0.29) is 10.8 Å². The molecule has 0 radical (unpaired) electrons. The number of hydrogen-bond donors (Lipinski definition) is 0. The van der Waals surface area contributed by atoms with Crippen molar-refractivity contribution in [2.45, 2.75) is 52.4 Å². The first-order chi connectivity index (χ1) is 15.2. The van der Waals surface area contributed by atoms with Crippen LogP contribution in [0.25, 0.3) is 33.4 Å². The highest BCUT2D eigenvalue weighted by molar-refractivity contribution is 5.89. The highest BCUT2D eigenvalue weighted by Crippen LogP contribution is 2.54. The Hall–Kier alpha value is -3.12. The molecule has 0 nitrogen and oxygen atoms in total. The number of rotatable bonds is 1. The van der Waals surface area contributed by atoms with Gasteiger partial charge in [0.15, 0.2) is 0 Å². The molecule has 0 aromatic heterocycles. The van der Waals surface area contributed by atoms with Crippen molar-refractivity contribution in [3.05, 3.63) is 106 Å². The number of benzene rings is 4. The zero-order valence-corrected chi connectivity index (χ0v) is 19.9. The van der Waals surface area contributed by atoms with Crippen molar-refractivity contribution in [1.82, 2.24) is 0 Å². The molecular formula is C32H30. The second-order valence-electron chi connectivity index (χ2n) is 10.7. The Morgan fingerprint density at radius 3 is 1.78 bits per heavy atom. The van der Waals surface area contributed by atoms with Gasteiger partial charge in [0.05, 0.1) is 0 Å². The molecule has 2 aliphatic carbocycles. The number of fused-ring (bicyclic) bond motifs is 6. The summed E-state index contributed by atoms with van der Waals surface area (Å²) in [5.41, 5.74) is 17.0. The maximum Gasteiger partial charge on any atom is 0.0161 e. The van der Waals surface area contributed by atoms with Crippen molar-refractivity contribution in [1.29, 1.82) is 0 Å². The maximum atomic E-state index is 2.46. The molecule has 0 aliphatic heterocycles. The second-order valence-corrected chi connectivity index (χ2v) is 10.7. The Kier molecular flexibility index (Phi) is 3.81. The van der Waals surface area contributed by atoms with Crippen molar-refractivity contribution in [2.24, 2.45) is 0 Å². The fraction of sp³-hybridized carbons (Fsp3) is 0.250. The minimum atomic E-state index is 0.0185. The summed E-state index contributed by atoms with van der Waals surface area (Å²) in [6, 6.07) is 27.4. The first kappa shape index (κ1) is 19.6. The molecule has 4 aromatic carbocycles. The van der Waals surface area contributed by atoms with Crippen LogP contribution in [-0.2, 0) is 10.8 Å². The standard InChI is InChI=1S/C32H30/c1-19-17-25-23-12-8-10-14-27(23)32(5,6)30(25)20(2)29(19)21-15-16-24-22-11-7-9-13-26(22)31(3,4)28(24)18-21/h7-18H,1-6H3. The van der Waals surface area contributed by atoms with Crippen molar-refractivity contribution < 1.29 is 0 Å². The molecule has 0 saturated carbocycles. The Balaban J connectivity index is 1.59. The molecule has 0 saturated heterocycles. The molecule has 32 heavy (non-hydrogen) atoms. The first-order valence-electron chi connectivity index (χ1n) is 11.7. The zero-order chi connectivity index (χ0) is 22.4. The van der Waals surface area contributed by atoms with Crippen LogP contribution < -0.4 is 0 Å². The minimum absolute atomic E-state index is 0.0185. The molecule has 158 valence electrons. The van der Waals surface area contributed by atoms with Crippen LogP contribution in [-0.4, -0.2) is 0 Å². The van der Waals surface area contributed by atoms with E-state index in [4.69, 9.17) is 0 Å². The summed E-state index contributed by atoms with van der Waals surface area (Å²) in [7, 11) is 0. The molecule has 6 rings (SSSR count). The average Bonchev–Trinajstić information content (AvgIpc) is 3.14. The zero-order valence-electron chi connectivity index (χ0n) is 19.9. The number of hydrogen-bond acceptors (Lipinski definition) is 0. The fourth-order valence-electron chi connectivity index (χ4n) is 6.70. The van der Waals surface area contributed by atoms with Crippen LogP contribution in [0.15, 0.2) is 72.8 Å². The van der Waals surface area contributed by atoms with Crippen LogP contribution in [0.5, 0.6) is 0 Å². The Morgan fingerprint density at radius 2 is 1.09 bits per heavy atom. The molecule has 0 N–H and O–H groups in total. The predicted molar refractivity (Wildman–Crippen MR) is 136 cm³/mol. The van der Waals surface area contributed by atoms with E-state index in [2.05, 4.69) is 114 Å². The van der Waals surface area contributed by atoms with Crippen LogP contribution in [0, 0.1) is 13.8 Å². The fourth-order valence-corrected chi connectivity index (χ4v) is 6.70. The van der Waals surface area contributed by atoms with Crippen LogP contribution in [0.4, 0.5) is 0 Å². The summed E-state index contributed by atoms with van der Waals surface area (Å²) in [5.74, 6) is 0. The predicted octanol–water partition coefficient (Wildman–Crippen LogP) is 8.58. The minimum Gasteiger partial charge on any atom is -0.0619 e. The van der Waals surface area contributed by atoms with E-state index in [9.17, 15) is 0 Å². The van der Waals surface area contributed by atoms with E-state index in [1.165, 1.54) is 66.8 Å². The Labute approximate surface area is 192 Å². The lowest BCUT2D eigenvalue weighted by Crippen LogP contribution is -2.17. The van der Waals surface area contributed by atoms with Crippen molar-refractivity contribution in [2.75, 3.05) is 0 Å². The van der Waals surface area contributed by atoms with Gasteiger partial charge in [-0.1, -0.05) is 94.4 Å². The topological polar surface area (TPSA) is 0 Å². The summed E-state index contributed by atoms with van der Waals surface area (Å²) in [4.78, 5) is 0. The van der Waals surface area contributed by atoms with Crippen molar-refractivity contribution in [3.63, 3.8) is 0 Å². The molecule has 0 unspecified atom stereocenters. The quantitative estimate of drug-likeness (QED) is 0.292. The van der Waals surface area contributed by atoms with Gasteiger partial charge in [0.1, 0.15) is 0 Å². The lowest BCUT2D eigenvalue weighted by Gasteiger charge is -2.26. The first-order valence-corrected chi connectivity index (χ1v) is 11.7. The molecule has 0 fully saturated rings. The lowest BCUT2D eigenvalue weighted by atomic mass is 9.77.